The number of hydrogen-bond acceptors (Lipinski definition) is 4. The number of aryl methyl sites for hydroxylation is 1. The average Bonchev–Trinajstić information content (AvgIpc) is 2.74. The van der Waals surface area contributed by atoms with Gasteiger partial charge in [0.25, 0.3) is 11.8 Å². The van der Waals surface area contributed by atoms with Gasteiger partial charge in [-0.1, -0.05) is 29.8 Å². The van der Waals surface area contributed by atoms with Gasteiger partial charge in [-0.15, -0.1) is 0 Å². The summed E-state index contributed by atoms with van der Waals surface area (Å²) < 4.78 is 0. The minimum atomic E-state index is -1.35. The number of carbonyl (C=O) groups is 3. The topological polar surface area (TPSA) is 77.9 Å². The van der Waals surface area contributed by atoms with E-state index in [0.717, 1.165) is 34.8 Å². The lowest BCUT2D eigenvalue weighted by molar-refractivity contribution is -0.135. The molecule has 1 aliphatic heterocycles. The lowest BCUT2D eigenvalue weighted by Gasteiger charge is -2.28. The first-order valence-corrected chi connectivity index (χ1v) is 10.2. The van der Waals surface area contributed by atoms with Gasteiger partial charge in [0.05, 0.1) is 5.69 Å². The first-order valence-electron chi connectivity index (χ1n) is 10.2. The van der Waals surface area contributed by atoms with Gasteiger partial charge >= 0.3 is 5.97 Å². The second kappa shape index (κ2) is 9.00. The molecular formula is C25H26N2O4. The largest absolute Gasteiger partial charge is 0.477 e. The van der Waals surface area contributed by atoms with E-state index < -0.39 is 23.4 Å². The van der Waals surface area contributed by atoms with Crippen molar-refractivity contribution in [2.75, 3.05) is 22.9 Å². The van der Waals surface area contributed by atoms with Crippen LogP contribution in [-0.2, 0) is 14.4 Å². The third-order valence-electron chi connectivity index (χ3n) is 5.47. The summed E-state index contributed by atoms with van der Waals surface area (Å²) in [5.74, 6) is -2.72. The number of carboxylic acids is 1. The van der Waals surface area contributed by atoms with E-state index in [2.05, 4.69) is 18.7 Å². The van der Waals surface area contributed by atoms with Gasteiger partial charge in [0.1, 0.15) is 5.57 Å². The van der Waals surface area contributed by atoms with E-state index in [1.54, 1.807) is 30.3 Å². The highest BCUT2D eigenvalue weighted by Gasteiger charge is 2.39. The van der Waals surface area contributed by atoms with Crippen LogP contribution in [0.15, 0.2) is 65.3 Å². The molecule has 6 nitrogen and oxygen atoms in total. The Bertz CT molecular complexity index is 1080. The number of aliphatic carboxylic acids is 1. The van der Waals surface area contributed by atoms with Gasteiger partial charge in [0.2, 0.25) is 0 Å². The number of carbonyl (C=O) groups excluding carboxylic acids is 2. The average molecular weight is 418 g/mol. The van der Waals surface area contributed by atoms with Crippen molar-refractivity contribution in [3.05, 3.63) is 76.4 Å². The Morgan fingerprint density at radius 3 is 2.03 bits per heavy atom. The molecule has 160 valence electrons. The summed E-state index contributed by atoms with van der Waals surface area (Å²) in [5, 5.41) is 9.66. The molecule has 0 aromatic heterocycles. The van der Waals surface area contributed by atoms with Crippen LogP contribution >= 0.6 is 0 Å². The monoisotopic (exact) mass is 418 g/mol. The number of carboxylic acid groups (broad SMARTS) is 1. The summed E-state index contributed by atoms with van der Waals surface area (Å²) in [6.45, 7) is 9.32. The summed E-state index contributed by atoms with van der Waals surface area (Å²) in [6.07, 6.45) is 1.64. The van der Waals surface area contributed by atoms with Gasteiger partial charge in [-0.3, -0.25) is 9.59 Å². The zero-order chi connectivity index (χ0) is 22.7. The first kappa shape index (κ1) is 22.0. The lowest BCUT2D eigenvalue weighted by Crippen LogP contribution is -2.44. The Labute approximate surface area is 182 Å². The molecule has 31 heavy (non-hydrogen) atoms. The Kier molecular flexibility index (Phi) is 6.39. The molecule has 1 aliphatic rings. The van der Waals surface area contributed by atoms with Crippen LogP contribution in [0.3, 0.4) is 0 Å². The fourth-order valence-corrected chi connectivity index (χ4v) is 3.67. The van der Waals surface area contributed by atoms with Gasteiger partial charge < -0.3 is 10.0 Å². The van der Waals surface area contributed by atoms with Crippen LogP contribution in [-0.4, -0.2) is 36.0 Å². The van der Waals surface area contributed by atoms with Crippen molar-refractivity contribution in [3.8, 4) is 0 Å². The van der Waals surface area contributed by atoms with E-state index in [4.69, 9.17) is 0 Å². The van der Waals surface area contributed by atoms with Crippen molar-refractivity contribution >= 4 is 35.2 Å². The van der Waals surface area contributed by atoms with E-state index in [1.165, 1.54) is 6.92 Å². The van der Waals surface area contributed by atoms with Crippen molar-refractivity contribution in [2.24, 2.45) is 0 Å². The minimum Gasteiger partial charge on any atom is -0.477 e. The number of anilines is 2. The summed E-state index contributed by atoms with van der Waals surface area (Å²) in [6, 6.07) is 14.5. The van der Waals surface area contributed by atoms with Crippen LogP contribution in [0.25, 0.3) is 6.08 Å². The second-order valence-corrected chi connectivity index (χ2v) is 7.41. The Morgan fingerprint density at radius 2 is 1.52 bits per heavy atom. The highest BCUT2D eigenvalue weighted by atomic mass is 16.4. The summed E-state index contributed by atoms with van der Waals surface area (Å²) in [7, 11) is 0. The van der Waals surface area contributed by atoms with Crippen molar-refractivity contribution < 1.29 is 19.5 Å². The molecule has 0 fully saturated rings. The van der Waals surface area contributed by atoms with E-state index in [-0.39, 0.29) is 11.1 Å². The molecule has 1 heterocycles. The van der Waals surface area contributed by atoms with E-state index in [9.17, 15) is 19.5 Å². The van der Waals surface area contributed by atoms with Crippen LogP contribution < -0.4 is 9.80 Å². The third kappa shape index (κ3) is 4.28. The van der Waals surface area contributed by atoms with Crippen LogP contribution in [0.5, 0.6) is 0 Å². The van der Waals surface area contributed by atoms with Gasteiger partial charge in [-0.2, -0.15) is 0 Å². The van der Waals surface area contributed by atoms with E-state index in [0.29, 0.717) is 5.69 Å². The first-order chi connectivity index (χ1) is 14.8. The number of hydrogen-bond donors (Lipinski definition) is 1. The molecule has 0 spiro atoms. The van der Waals surface area contributed by atoms with Gasteiger partial charge in [0, 0.05) is 24.4 Å². The van der Waals surface area contributed by atoms with Crippen LogP contribution in [0, 0.1) is 6.92 Å². The molecule has 6 heteroatoms. The summed E-state index contributed by atoms with van der Waals surface area (Å²) >= 11 is 0. The Morgan fingerprint density at radius 1 is 0.935 bits per heavy atom. The number of imide groups is 1. The van der Waals surface area contributed by atoms with E-state index >= 15 is 0 Å². The van der Waals surface area contributed by atoms with Gasteiger partial charge in [0.15, 0.2) is 0 Å². The normalized spacial score (nSPS) is 15.6. The van der Waals surface area contributed by atoms with Gasteiger partial charge in [-0.25, -0.2) is 9.69 Å². The predicted molar refractivity (Wildman–Crippen MR) is 122 cm³/mol. The molecule has 2 amide bonds. The molecule has 0 saturated carbocycles. The van der Waals surface area contributed by atoms with Crippen molar-refractivity contribution in [2.45, 2.75) is 27.7 Å². The summed E-state index contributed by atoms with van der Waals surface area (Å²) in [5.41, 5.74) is 3.08. The van der Waals surface area contributed by atoms with Crippen LogP contribution in [0.2, 0.25) is 0 Å². The number of rotatable bonds is 6. The van der Waals surface area contributed by atoms with E-state index in [1.807, 2.05) is 31.2 Å². The predicted octanol–water partition coefficient (Wildman–Crippen LogP) is 4.20. The maximum absolute atomic E-state index is 13.3. The van der Waals surface area contributed by atoms with Crippen LogP contribution in [0.4, 0.5) is 11.4 Å². The van der Waals surface area contributed by atoms with Crippen molar-refractivity contribution in [1.82, 2.24) is 0 Å². The molecule has 0 radical (unpaired) electrons. The SMILES string of the molecule is CCN(CC)c1ccc(/C=C2\C(=O)N(c3ccc(C)cc3)C(=O)C(C(=O)O)=C2C)cc1. The highest BCUT2D eigenvalue weighted by molar-refractivity contribution is 6.37. The number of benzene rings is 2. The van der Waals surface area contributed by atoms with Gasteiger partial charge in [-0.05, 0) is 69.2 Å². The molecule has 2 aromatic carbocycles. The maximum Gasteiger partial charge on any atom is 0.341 e. The number of amides is 2. The smallest absolute Gasteiger partial charge is 0.341 e. The molecule has 0 saturated heterocycles. The standard InChI is InChI=1S/C25H26N2O4/c1-5-26(6-2)19-13-9-18(10-14-19)15-21-17(4)22(25(30)31)24(29)27(23(21)28)20-11-7-16(3)8-12-20/h7-15H,5-6H2,1-4H3,(H,30,31)/b21-15-. The van der Waals surface area contributed by atoms with Crippen molar-refractivity contribution in [3.63, 3.8) is 0 Å². The fourth-order valence-electron chi connectivity index (χ4n) is 3.67. The molecule has 1 N–H and O–H groups in total. The number of nitrogens with zero attached hydrogens (tertiary/aromatic N) is 2. The van der Waals surface area contributed by atoms with Crippen LogP contribution in [0.1, 0.15) is 31.9 Å². The third-order valence-corrected chi connectivity index (χ3v) is 5.47. The fraction of sp³-hybridized carbons (Fsp3) is 0.240. The molecule has 2 aromatic rings. The minimum absolute atomic E-state index is 0.165. The highest BCUT2D eigenvalue weighted by Crippen LogP contribution is 2.31. The quantitative estimate of drug-likeness (QED) is 0.432. The molecule has 0 aliphatic carbocycles. The second-order valence-electron chi connectivity index (χ2n) is 7.41. The molecule has 0 bridgehead atoms. The molecule has 3 rings (SSSR count). The lowest BCUT2D eigenvalue weighted by atomic mass is 9.92. The molecule has 0 unspecified atom stereocenters. The molecule has 0 atom stereocenters. The van der Waals surface area contributed by atoms with Crippen molar-refractivity contribution in [1.29, 1.82) is 0 Å². The Balaban J connectivity index is 2.09. The maximum atomic E-state index is 13.3. The summed E-state index contributed by atoms with van der Waals surface area (Å²) in [4.78, 5) is 41.2. The molecular weight excluding hydrogens is 392 g/mol. The zero-order valence-corrected chi connectivity index (χ0v) is 18.2. The Hall–Kier alpha value is -3.67. The zero-order valence-electron chi connectivity index (χ0n) is 18.2.